The van der Waals surface area contributed by atoms with Gasteiger partial charge in [0.05, 0.1) is 39.6 Å². The average molecular weight is 258 g/mol. The Labute approximate surface area is 102 Å². The maximum Gasteiger partial charge on any atom is 0.100 e. The van der Waals surface area contributed by atoms with Gasteiger partial charge in [0.25, 0.3) is 0 Å². The molecule has 0 fully saturated rings. The van der Waals surface area contributed by atoms with E-state index in [0.717, 1.165) is 0 Å². The zero-order valence-corrected chi connectivity index (χ0v) is 10.5. The van der Waals surface area contributed by atoms with Crippen LogP contribution in [0, 0.1) is 0 Å². The van der Waals surface area contributed by atoms with Crippen molar-refractivity contribution in [2.75, 3.05) is 39.6 Å². The molecular formula is C10H26O7. The van der Waals surface area contributed by atoms with Gasteiger partial charge in [-0.3, -0.25) is 0 Å². The number of hydrogen-bond donors (Lipinski definition) is 6. The van der Waals surface area contributed by atoms with Crippen LogP contribution in [-0.2, 0) is 4.74 Å². The first kappa shape index (κ1) is 21.9. The predicted octanol–water partition coefficient (Wildman–Crippen LogP) is -2.29. The smallest absolute Gasteiger partial charge is 0.100 e. The third-order valence-electron chi connectivity index (χ3n) is 0.893. The highest BCUT2D eigenvalue weighted by Gasteiger charge is 1.93. The highest BCUT2D eigenvalue weighted by Crippen LogP contribution is 1.71. The Morgan fingerprint density at radius 3 is 1.24 bits per heavy atom. The molecule has 0 aliphatic carbocycles. The van der Waals surface area contributed by atoms with E-state index in [1.807, 2.05) is 0 Å². The summed E-state index contributed by atoms with van der Waals surface area (Å²) in [5.41, 5.74) is 0. The van der Waals surface area contributed by atoms with E-state index in [0.29, 0.717) is 13.2 Å². The van der Waals surface area contributed by atoms with Crippen molar-refractivity contribution >= 4 is 0 Å². The monoisotopic (exact) mass is 258 g/mol. The third-order valence-corrected chi connectivity index (χ3v) is 0.893. The van der Waals surface area contributed by atoms with Crippen LogP contribution in [0.3, 0.4) is 0 Å². The molecule has 0 heterocycles. The molecule has 0 aromatic rings. The molecule has 0 saturated carbocycles. The van der Waals surface area contributed by atoms with Gasteiger partial charge < -0.3 is 35.4 Å². The normalized spacial score (nSPS) is 9.53. The van der Waals surface area contributed by atoms with E-state index in [-0.39, 0.29) is 32.5 Å². The molecule has 0 amide bonds. The molecule has 0 aromatic carbocycles. The molecule has 0 rings (SSSR count). The molecular weight excluding hydrogens is 232 g/mol. The number of rotatable bonds is 6. The number of aliphatic hydroxyl groups is 6. The number of aliphatic hydroxyl groups excluding tert-OH is 6. The van der Waals surface area contributed by atoms with Crippen LogP contribution in [0.15, 0.2) is 0 Å². The van der Waals surface area contributed by atoms with Crippen LogP contribution < -0.4 is 0 Å². The molecule has 0 atom stereocenters. The maximum atomic E-state index is 8.17. The summed E-state index contributed by atoms with van der Waals surface area (Å²) in [6.07, 6.45) is -1.12. The second-order valence-electron chi connectivity index (χ2n) is 3.17. The largest absolute Gasteiger partial charge is 0.394 e. The van der Waals surface area contributed by atoms with Gasteiger partial charge in [0.15, 0.2) is 0 Å². The Bertz CT molecular complexity index is 100. The first-order chi connectivity index (χ1) is 7.95. The molecule has 7 heteroatoms. The Morgan fingerprint density at radius 1 is 0.824 bits per heavy atom. The van der Waals surface area contributed by atoms with Crippen molar-refractivity contribution in [1.82, 2.24) is 0 Å². The quantitative estimate of drug-likeness (QED) is 0.296. The summed E-state index contributed by atoms with van der Waals surface area (Å²) in [5, 5.41) is 48.2. The SMILES string of the molecule is CC(C)O.OCC(O)CO.OCCOCCO. The molecule has 17 heavy (non-hydrogen) atoms. The fourth-order valence-electron chi connectivity index (χ4n) is 0.289. The number of hydrogen-bond acceptors (Lipinski definition) is 7. The van der Waals surface area contributed by atoms with Crippen LogP contribution in [0.4, 0.5) is 0 Å². The van der Waals surface area contributed by atoms with Crippen LogP contribution in [0.5, 0.6) is 0 Å². The van der Waals surface area contributed by atoms with Gasteiger partial charge in [0.2, 0.25) is 0 Å². The average Bonchev–Trinajstić information content (AvgIpc) is 2.29. The van der Waals surface area contributed by atoms with Gasteiger partial charge in [-0.2, -0.15) is 0 Å². The van der Waals surface area contributed by atoms with Gasteiger partial charge in [-0.15, -0.1) is 0 Å². The molecule has 6 N–H and O–H groups in total. The van der Waals surface area contributed by atoms with Crippen molar-refractivity contribution in [1.29, 1.82) is 0 Å². The van der Waals surface area contributed by atoms with Crippen molar-refractivity contribution < 1.29 is 35.4 Å². The zero-order chi connectivity index (χ0) is 14.1. The van der Waals surface area contributed by atoms with Gasteiger partial charge in [-0.05, 0) is 13.8 Å². The molecule has 0 aliphatic rings. The molecule has 0 radical (unpaired) electrons. The fraction of sp³-hybridized carbons (Fsp3) is 1.00. The lowest BCUT2D eigenvalue weighted by Gasteiger charge is -1.96. The second kappa shape index (κ2) is 21.1. The van der Waals surface area contributed by atoms with Gasteiger partial charge in [0.1, 0.15) is 6.10 Å². The molecule has 7 nitrogen and oxygen atoms in total. The first-order valence-corrected chi connectivity index (χ1v) is 5.33. The van der Waals surface area contributed by atoms with Crippen LogP contribution in [0.25, 0.3) is 0 Å². The molecule has 0 aliphatic heterocycles. The Morgan fingerprint density at radius 2 is 1.12 bits per heavy atom. The summed E-state index contributed by atoms with van der Waals surface area (Å²) in [5.74, 6) is 0. The van der Waals surface area contributed by atoms with Crippen molar-refractivity contribution in [3.63, 3.8) is 0 Å². The maximum absolute atomic E-state index is 8.17. The fourth-order valence-corrected chi connectivity index (χ4v) is 0.289. The minimum atomic E-state index is -0.954. The molecule has 0 bridgehead atoms. The van der Waals surface area contributed by atoms with Crippen LogP contribution in [0.2, 0.25) is 0 Å². The van der Waals surface area contributed by atoms with E-state index in [9.17, 15) is 0 Å². The molecule has 0 unspecified atom stereocenters. The zero-order valence-electron chi connectivity index (χ0n) is 10.5. The highest BCUT2D eigenvalue weighted by molar-refractivity contribution is 4.44. The standard InChI is InChI=1S/C4H10O3.C3H8O3.C3H8O/c5-1-3-7-4-2-6;4-1-3(6)2-5;1-3(2)4/h5-6H,1-4H2;3-6H,1-2H2;3-4H,1-2H3. The Kier molecular flexibility index (Phi) is 27.2. The van der Waals surface area contributed by atoms with Crippen LogP contribution >= 0.6 is 0 Å². The lowest BCUT2D eigenvalue weighted by molar-refractivity contribution is 0.0450. The molecule has 108 valence electrons. The van der Waals surface area contributed by atoms with Gasteiger partial charge in [0, 0.05) is 6.10 Å². The second-order valence-corrected chi connectivity index (χ2v) is 3.17. The van der Waals surface area contributed by atoms with E-state index in [4.69, 9.17) is 30.6 Å². The summed E-state index contributed by atoms with van der Waals surface area (Å²) in [4.78, 5) is 0. The van der Waals surface area contributed by atoms with Crippen molar-refractivity contribution in [3.8, 4) is 0 Å². The summed E-state index contributed by atoms with van der Waals surface area (Å²) in [6, 6.07) is 0. The minimum absolute atomic E-state index is 0.0278. The lowest BCUT2D eigenvalue weighted by Crippen LogP contribution is -2.15. The minimum Gasteiger partial charge on any atom is -0.394 e. The lowest BCUT2D eigenvalue weighted by atomic mass is 10.4. The van der Waals surface area contributed by atoms with E-state index in [1.165, 1.54) is 0 Å². The summed E-state index contributed by atoms with van der Waals surface area (Å²) >= 11 is 0. The summed E-state index contributed by atoms with van der Waals surface area (Å²) in [6.45, 7) is 3.41. The highest BCUT2D eigenvalue weighted by atomic mass is 16.5. The molecule has 0 saturated heterocycles. The summed E-state index contributed by atoms with van der Waals surface area (Å²) < 4.78 is 4.63. The van der Waals surface area contributed by atoms with E-state index < -0.39 is 6.10 Å². The summed E-state index contributed by atoms with van der Waals surface area (Å²) in [7, 11) is 0. The van der Waals surface area contributed by atoms with Crippen molar-refractivity contribution in [3.05, 3.63) is 0 Å². The van der Waals surface area contributed by atoms with Crippen LogP contribution in [0.1, 0.15) is 13.8 Å². The Balaban J connectivity index is -0.000000180. The van der Waals surface area contributed by atoms with Crippen molar-refractivity contribution in [2.45, 2.75) is 26.1 Å². The van der Waals surface area contributed by atoms with E-state index in [1.54, 1.807) is 13.8 Å². The van der Waals surface area contributed by atoms with E-state index >= 15 is 0 Å². The van der Waals surface area contributed by atoms with Crippen LogP contribution in [-0.4, -0.2) is 82.5 Å². The third kappa shape index (κ3) is 49.7. The topological polar surface area (TPSA) is 131 Å². The van der Waals surface area contributed by atoms with E-state index in [2.05, 4.69) is 4.74 Å². The predicted molar refractivity (Wildman–Crippen MR) is 62.5 cm³/mol. The first-order valence-electron chi connectivity index (χ1n) is 5.33. The van der Waals surface area contributed by atoms with Gasteiger partial charge in [-0.25, -0.2) is 0 Å². The van der Waals surface area contributed by atoms with Gasteiger partial charge >= 0.3 is 0 Å². The van der Waals surface area contributed by atoms with Crippen molar-refractivity contribution in [2.24, 2.45) is 0 Å². The number of ether oxygens (including phenoxy) is 1. The molecule has 0 aromatic heterocycles. The van der Waals surface area contributed by atoms with Gasteiger partial charge in [-0.1, -0.05) is 0 Å². The molecule has 0 spiro atoms. The Hall–Kier alpha value is -0.280.